The molecule has 212 valence electrons. The number of nitrogens with one attached hydrogen (secondary N) is 1. The maximum Gasteiger partial charge on any atom is 0.264 e. The highest BCUT2D eigenvalue weighted by molar-refractivity contribution is 7.92. The van der Waals surface area contributed by atoms with E-state index in [1.54, 1.807) is 36.4 Å². The zero-order chi connectivity index (χ0) is 28.7. The predicted octanol–water partition coefficient (Wildman–Crippen LogP) is 5.71. The summed E-state index contributed by atoms with van der Waals surface area (Å²) in [5.41, 5.74) is 2.16. The van der Waals surface area contributed by atoms with Gasteiger partial charge in [-0.25, -0.2) is 8.42 Å². The molecule has 0 aromatic heterocycles. The lowest BCUT2D eigenvalue weighted by Crippen LogP contribution is -2.53. The molecule has 2 amide bonds. The molecule has 0 spiro atoms. The number of benzene rings is 3. The quantitative estimate of drug-likeness (QED) is 0.314. The Hall–Kier alpha value is -3.36. The van der Waals surface area contributed by atoms with Gasteiger partial charge >= 0.3 is 0 Å². The molecule has 1 saturated carbocycles. The smallest absolute Gasteiger partial charge is 0.264 e. The molecule has 40 heavy (non-hydrogen) atoms. The van der Waals surface area contributed by atoms with Crippen LogP contribution in [-0.2, 0) is 26.2 Å². The number of carbonyl (C=O) groups excluding carboxylic acids is 2. The Morgan fingerprint density at radius 3 is 2.33 bits per heavy atom. The van der Waals surface area contributed by atoms with Gasteiger partial charge in [0.15, 0.2) is 0 Å². The van der Waals surface area contributed by atoms with Gasteiger partial charge in [-0.3, -0.25) is 13.9 Å². The predicted molar refractivity (Wildman–Crippen MR) is 159 cm³/mol. The lowest BCUT2D eigenvalue weighted by atomic mass is 10.1. The van der Waals surface area contributed by atoms with E-state index in [0.717, 1.165) is 41.1 Å². The van der Waals surface area contributed by atoms with E-state index in [0.29, 0.717) is 11.4 Å². The van der Waals surface area contributed by atoms with Crippen molar-refractivity contribution in [3.8, 4) is 0 Å². The second kappa shape index (κ2) is 13.3. The van der Waals surface area contributed by atoms with Crippen LogP contribution in [0.15, 0.2) is 83.8 Å². The summed E-state index contributed by atoms with van der Waals surface area (Å²) in [6.07, 6.45) is 4.37. The summed E-state index contributed by atoms with van der Waals surface area (Å²) in [5, 5.41) is 3.47. The number of nitrogens with zero attached hydrogens (tertiary/aromatic N) is 2. The molecule has 0 radical (unpaired) electrons. The van der Waals surface area contributed by atoms with Crippen LogP contribution in [0.5, 0.6) is 0 Å². The van der Waals surface area contributed by atoms with Crippen LogP contribution in [0, 0.1) is 6.92 Å². The third-order valence-corrected chi connectivity index (χ3v) is 9.25. The van der Waals surface area contributed by atoms with Crippen molar-refractivity contribution in [3.63, 3.8) is 0 Å². The summed E-state index contributed by atoms with van der Waals surface area (Å²) >= 11 is 6.23. The molecule has 1 fully saturated rings. The average Bonchev–Trinajstić information content (AvgIpc) is 3.45. The maximum absolute atomic E-state index is 14.1. The van der Waals surface area contributed by atoms with Crippen LogP contribution >= 0.6 is 11.6 Å². The van der Waals surface area contributed by atoms with Crippen molar-refractivity contribution in [2.24, 2.45) is 0 Å². The van der Waals surface area contributed by atoms with Gasteiger partial charge in [0, 0.05) is 17.6 Å². The van der Waals surface area contributed by atoms with E-state index in [9.17, 15) is 18.0 Å². The first-order valence-corrected chi connectivity index (χ1v) is 15.5. The van der Waals surface area contributed by atoms with E-state index in [-0.39, 0.29) is 29.1 Å². The second-order valence-corrected chi connectivity index (χ2v) is 12.5. The second-order valence-electron chi connectivity index (χ2n) is 10.2. The van der Waals surface area contributed by atoms with Gasteiger partial charge in [-0.2, -0.15) is 0 Å². The summed E-state index contributed by atoms with van der Waals surface area (Å²) in [5.74, 6) is -0.690. The first kappa shape index (κ1) is 29.6. The van der Waals surface area contributed by atoms with Crippen molar-refractivity contribution in [3.05, 3.63) is 95.0 Å². The number of hydrogen-bond donors (Lipinski definition) is 1. The minimum absolute atomic E-state index is 0.0547. The van der Waals surface area contributed by atoms with Gasteiger partial charge in [-0.1, -0.05) is 85.5 Å². The van der Waals surface area contributed by atoms with Crippen LogP contribution in [0.2, 0.25) is 5.02 Å². The van der Waals surface area contributed by atoms with Gasteiger partial charge in [0.1, 0.15) is 12.6 Å². The number of aryl methyl sites for hydroxylation is 1. The summed E-state index contributed by atoms with van der Waals surface area (Å²) < 4.78 is 28.8. The summed E-state index contributed by atoms with van der Waals surface area (Å²) in [6, 6.07) is 21.5. The molecular formula is C31H36ClN3O4S. The van der Waals surface area contributed by atoms with Gasteiger partial charge in [-0.05, 0) is 62.1 Å². The topological polar surface area (TPSA) is 86.8 Å². The highest BCUT2D eigenvalue weighted by atomic mass is 35.5. The van der Waals surface area contributed by atoms with E-state index in [4.69, 9.17) is 11.6 Å². The lowest BCUT2D eigenvalue weighted by Gasteiger charge is -2.34. The van der Waals surface area contributed by atoms with Gasteiger partial charge in [0.25, 0.3) is 10.0 Å². The van der Waals surface area contributed by atoms with E-state index in [1.165, 1.54) is 23.1 Å². The average molecular weight is 582 g/mol. The third kappa shape index (κ3) is 7.23. The van der Waals surface area contributed by atoms with Crippen LogP contribution in [0.3, 0.4) is 0 Å². The molecule has 3 aromatic rings. The zero-order valence-corrected chi connectivity index (χ0v) is 24.5. The van der Waals surface area contributed by atoms with Crippen LogP contribution in [0.4, 0.5) is 5.69 Å². The van der Waals surface area contributed by atoms with E-state index < -0.39 is 28.5 Å². The molecule has 9 heteroatoms. The highest BCUT2D eigenvalue weighted by Gasteiger charge is 2.34. The van der Waals surface area contributed by atoms with Crippen molar-refractivity contribution in [1.82, 2.24) is 10.2 Å². The van der Waals surface area contributed by atoms with Crippen molar-refractivity contribution < 1.29 is 18.0 Å². The molecule has 1 N–H and O–H groups in total. The molecule has 0 saturated heterocycles. The van der Waals surface area contributed by atoms with Crippen LogP contribution in [0.1, 0.15) is 50.2 Å². The van der Waals surface area contributed by atoms with Crippen molar-refractivity contribution in [2.75, 3.05) is 10.8 Å². The molecule has 0 heterocycles. The Morgan fingerprint density at radius 2 is 1.68 bits per heavy atom. The Kier molecular flexibility index (Phi) is 9.87. The fraction of sp³-hybridized carbons (Fsp3) is 0.355. The largest absolute Gasteiger partial charge is 0.352 e. The normalized spacial score (nSPS) is 14.5. The zero-order valence-electron chi connectivity index (χ0n) is 22.9. The first-order chi connectivity index (χ1) is 19.2. The minimum atomic E-state index is -4.12. The third-order valence-electron chi connectivity index (χ3n) is 7.23. The molecule has 1 aliphatic carbocycles. The number of rotatable bonds is 11. The molecular weight excluding hydrogens is 546 g/mol. The SMILES string of the molecule is CCC(C(=O)NC1CCCC1)N(Cc1cccc(C)c1)C(=O)CN(c1cccc(Cl)c1)S(=O)(=O)c1ccccc1. The molecule has 1 unspecified atom stereocenters. The Morgan fingerprint density at radius 1 is 0.975 bits per heavy atom. The fourth-order valence-corrected chi connectivity index (χ4v) is 6.79. The monoisotopic (exact) mass is 581 g/mol. The fourth-order valence-electron chi connectivity index (χ4n) is 5.17. The molecule has 0 bridgehead atoms. The number of anilines is 1. The highest BCUT2D eigenvalue weighted by Crippen LogP contribution is 2.27. The number of halogens is 1. The number of hydrogen-bond acceptors (Lipinski definition) is 4. The van der Waals surface area contributed by atoms with Crippen molar-refractivity contribution >= 4 is 39.1 Å². The Balaban J connectivity index is 1.71. The number of amides is 2. The van der Waals surface area contributed by atoms with Crippen LogP contribution in [0.25, 0.3) is 0 Å². The van der Waals surface area contributed by atoms with E-state index in [1.807, 2.05) is 38.1 Å². The van der Waals surface area contributed by atoms with Crippen molar-refractivity contribution in [1.29, 1.82) is 0 Å². The minimum Gasteiger partial charge on any atom is -0.352 e. The van der Waals surface area contributed by atoms with Gasteiger partial charge in [-0.15, -0.1) is 0 Å². The molecule has 0 aliphatic heterocycles. The lowest BCUT2D eigenvalue weighted by molar-refractivity contribution is -0.140. The van der Waals surface area contributed by atoms with Crippen molar-refractivity contribution in [2.45, 2.75) is 69.5 Å². The summed E-state index contributed by atoms with van der Waals surface area (Å²) in [7, 11) is -4.12. The van der Waals surface area contributed by atoms with E-state index >= 15 is 0 Å². The van der Waals surface area contributed by atoms with Gasteiger partial charge in [0.2, 0.25) is 11.8 Å². The summed E-state index contributed by atoms with van der Waals surface area (Å²) in [4.78, 5) is 29.2. The molecule has 4 rings (SSSR count). The number of carbonyl (C=O) groups is 2. The summed E-state index contributed by atoms with van der Waals surface area (Å²) in [6.45, 7) is 3.51. The van der Waals surface area contributed by atoms with Gasteiger partial charge in [0.05, 0.1) is 10.6 Å². The molecule has 1 aliphatic rings. The molecule has 7 nitrogen and oxygen atoms in total. The van der Waals surface area contributed by atoms with E-state index in [2.05, 4.69) is 5.32 Å². The standard InChI is InChI=1S/C31H36ClN3O4S/c1-3-29(31(37)33-26-14-7-8-15-26)34(21-24-12-9-11-23(2)19-24)30(36)22-35(27-16-10-13-25(32)20-27)40(38,39)28-17-5-4-6-18-28/h4-6,9-13,16-20,26,29H,3,7-8,14-15,21-22H2,1-2H3,(H,33,37). The van der Waals surface area contributed by atoms with Crippen LogP contribution in [-0.4, -0.2) is 43.8 Å². The van der Waals surface area contributed by atoms with Gasteiger partial charge < -0.3 is 10.2 Å². The van der Waals surface area contributed by atoms with Crippen LogP contribution < -0.4 is 9.62 Å². The first-order valence-electron chi connectivity index (χ1n) is 13.7. The Labute approximate surface area is 242 Å². The number of sulfonamides is 1. The molecule has 3 aromatic carbocycles. The Bertz CT molecular complexity index is 1430. The maximum atomic E-state index is 14.1. The molecule has 1 atom stereocenters.